The summed E-state index contributed by atoms with van der Waals surface area (Å²) in [5.41, 5.74) is 0.737. The summed E-state index contributed by atoms with van der Waals surface area (Å²) in [6.07, 6.45) is 0.824. The van der Waals surface area contributed by atoms with Crippen molar-refractivity contribution in [2.75, 3.05) is 27.1 Å². The minimum Gasteiger partial charge on any atom is -0.377 e. The van der Waals surface area contributed by atoms with E-state index in [4.69, 9.17) is 13.3 Å². The van der Waals surface area contributed by atoms with Crippen LogP contribution in [0, 0.1) is 0 Å². The van der Waals surface area contributed by atoms with Gasteiger partial charge in [-0.05, 0) is 6.42 Å². The average Bonchev–Trinajstić information content (AvgIpc) is 2.49. The van der Waals surface area contributed by atoms with Crippen LogP contribution in [0.2, 0.25) is 6.04 Å². The largest absolute Gasteiger partial charge is 0.500 e. The highest BCUT2D eigenvalue weighted by atomic mass is 32.2. The molecule has 1 rings (SSSR count). The zero-order valence-electron chi connectivity index (χ0n) is 11.5. The van der Waals surface area contributed by atoms with Crippen molar-refractivity contribution >= 4 is 25.7 Å². The van der Waals surface area contributed by atoms with Crippen molar-refractivity contribution in [3.05, 3.63) is 35.9 Å². The zero-order valence-corrected chi connectivity index (χ0v) is 13.4. The molecule has 0 heterocycles. The van der Waals surface area contributed by atoms with Crippen LogP contribution in [0.25, 0.3) is 0 Å². The average molecular weight is 300 g/mol. The summed E-state index contributed by atoms with van der Waals surface area (Å²) in [7, 11) is 2.30. The summed E-state index contributed by atoms with van der Waals surface area (Å²) in [5, 5.41) is 0.0973. The molecule has 0 spiro atoms. The van der Waals surface area contributed by atoms with Gasteiger partial charge in [0.1, 0.15) is 0 Å². The summed E-state index contributed by atoms with van der Waals surface area (Å²) in [6.45, 7) is 0. The molecule has 19 heavy (non-hydrogen) atoms. The molecule has 4 nitrogen and oxygen atoms in total. The molecule has 0 fully saturated rings. The first-order valence-electron chi connectivity index (χ1n) is 6.05. The van der Waals surface area contributed by atoms with Crippen LogP contribution in [0.3, 0.4) is 0 Å². The van der Waals surface area contributed by atoms with Gasteiger partial charge in [-0.15, -0.1) is 0 Å². The van der Waals surface area contributed by atoms with Gasteiger partial charge in [-0.2, -0.15) is 0 Å². The minimum atomic E-state index is -2.49. The number of hydrogen-bond acceptors (Lipinski definition) is 5. The Morgan fingerprint density at radius 3 is 2.21 bits per heavy atom. The fraction of sp³-hybridized carbons (Fsp3) is 0.462. The Kier molecular flexibility index (Phi) is 7.33. The smallest absolute Gasteiger partial charge is 0.377 e. The summed E-state index contributed by atoms with van der Waals surface area (Å²) >= 11 is 1.32. The second-order valence-electron chi connectivity index (χ2n) is 3.90. The molecule has 0 N–H and O–H groups in total. The molecule has 0 saturated carbocycles. The highest BCUT2D eigenvalue weighted by Gasteiger charge is 2.36. The molecule has 1 aromatic rings. The molecule has 106 valence electrons. The summed E-state index contributed by atoms with van der Waals surface area (Å²) in [4.78, 5) is 11.9. The van der Waals surface area contributed by atoms with Crippen molar-refractivity contribution in [2.45, 2.75) is 12.5 Å². The van der Waals surface area contributed by atoms with E-state index in [-0.39, 0.29) is 5.12 Å². The second kappa shape index (κ2) is 8.50. The van der Waals surface area contributed by atoms with Crippen LogP contribution >= 0.6 is 11.8 Å². The van der Waals surface area contributed by atoms with Gasteiger partial charge in [-0.1, -0.05) is 42.1 Å². The third-order valence-electron chi connectivity index (χ3n) is 2.80. The van der Waals surface area contributed by atoms with Crippen LogP contribution in [0.1, 0.15) is 16.8 Å². The van der Waals surface area contributed by atoms with Gasteiger partial charge < -0.3 is 13.3 Å². The van der Waals surface area contributed by atoms with Crippen molar-refractivity contribution in [3.63, 3.8) is 0 Å². The lowest BCUT2D eigenvalue weighted by molar-refractivity contribution is 0.108. The molecule has 0 aliphatic heterocycles. The van der Waals surface area contributed by atoms with Crippen LogP contribution in [-0.4, -0.2) is 41.0 Å². The van der Waals surface area contributed by atoms with Crippen LogP contribution in [0.5, 0.6) is 0 Å². The quantitative estimate of drug-likeness (QED) is 0.545. The second-order valence-corrected chi connectivity index (χ2v) is 8.06. The molecular formula is C13H20O4SSi. The first-order chi connectivity index (χ1) is 9.17. The highest BCUT2D eigenvalue weighted by molar-refractivity contribution is 8.14. The molecule has 0 bridgehead atoms. The summed E-state index contributed by atoms with van der Waals surface area (Å²) in [5.74, 6) is 0.735. The predicted octanol–water partition coefficient (Wildman–Crippen LogP) is 2.83. The molecule has 1 aromatic carbocycles. The Morgan fingerprint density at radius 1 is 1.11 bits per heavy atom. The Bertz CT molecular complexity index is 373. The molecule has 0 unspecified atom stereocenters. The Hall–Kier alpha value is -0.663. The first kappa shape index (κ1) is 16.4. The van der Waals surface area contributed by atoms with E-state index in [1.54, 1.807) is 21.3 Å². The summed E-state index contributed by atoms with van der Waals surface area (Å²) in [6, 6.07) is 10.0. The maximum absolute atomic E-state index is 11.9. The number of thioether (sulfide) groups is 1. The topological polar surface area (TPSA) is 44.8 Å². The first-order valence-corrected chi connectivity index (χ1v) is 8.97. The van der Waals surface area contributed by atoms with Crippen LogP contribution in [-0.2, 0) is 13.3 Å². The van der Waals surface area contributed by atoms with Gasteiger partial charge in [0.05, 0.1) is 0 Å². The number of benzene rings is 1. The molecule has 0 atom stereocenters. The molecule has 6 heteroatoms. The lowest BCUT2D eigenvalue weighted by Gasteiger charge is -2.23. The van der Waals surface area contributed by atoms with Crippen molar-refractivity contribution in [2.24, 2.45) is 0 Å². The maximum atomic E-state index is 11.9. The monoisotopic (exact) mass is 300 g/mol. The van der Waals surface area contributed by atoms with E-state index < -0.39 is 8.80 Å². The van der Waals surface area contributed by atoms with Gasteiger partial charge in [0, 0.05) is 38.7 Å². The highest BCUT2D eigenvalue weighted by Crippen LogP contribution is 2.19. The van der Waals surface area contributed by atoms with E-state index in [0.717, 1.165) is 17.7 Å². The molecule has 0 aliphatic rings. The SMILES string of the molecule is CO[Si](CCCSC(=O)c1ccccc1)(OC)OC. The van der Waals surface area contributed by atoms with Gasteiger partial charge >= 0.3 is 8.80 Å². The predicted molar refractivity (Wildman–Crippen MR) is 79.4 cm³/mol. The van der Waals surface area contributed by atoms with E-state index in [1.165, 1.54) is 11.8 Å². The van der Waals surface area contributed by atoms with Crippen molar-refractivity contribution in [3.8, 4) is 0 Å². The Morgan fingerprint density at radius 2 is 1.68 bits per heavy atom. The van der Waals surface area contributed by atoms with E-state index >= 15 is 0 Å². The van der Waals surface area contributed by atoms with Crippen molar-refractivity contribution in [1.82, 2.24) is 0 Å². The maximum Gasteiger partial charge on any atom is 0.500 e. The number of hydrogen-bond donors (Lipinski definition) is 0. The molecule has 0 saturated heterocycles. The minimum absolute atomic E-state index is 0.0973. The van der Waals surface area contributed by atoms with E-state index in [2.05, 4.69) is 0 Å². The normalized spacial score (nSPS) is 11.5. The number of carbonyl (C=O) groups excluding carboxylic acids is 1. The van der Waals surface area contributed by atoms with E-state index in [1.807, 2.05) is 30.3 Å². The lowest BCUT2D eigenvalue weighted by atomic mass is 10.2. The third-order valence-corrected chi connectivity index (χ3v) is 6.63. The Labute approximate surface area is 119 Å². The van der Waals surface area contributed by atoms with Gasteiger partial charge in [0.15, 0.2) is 0 Å². The van der Waals surface area contributed by atoms with Gasteiger partial charge in [0.25, 0.3) is 0 Å². The van der Waals surface area contributed by atoms with Gasteiger partial charge in [0.2, 0.25) is 5.12 Å². The van der Waals surface area contributed by atoms with Crippen LogP contribution < -0.4 is 0 Å². The Balaban J connectivity index is 2.33. The fourth-order valence-electron chi connectivity index (χ4n) is 1.67. The fourth-order valence-corrected chi connectivity index (χ4v) is 4.42. The van der Waals surface area contributed by atoms with E-state index in [9.17, 15) is 4.79 Å². The molecule has 0 aromatic heterocycles. The third kappa shape index (κ3) is 5.08. The lowest BCUT2D eigenvalue weighted by Crippen LogP contribution is -2.42. The standard InChI is InChI=1S/C13H20O4SSi/c1-15-19(16-2,17-3)11-7-10-18-13(14)12-8-5-4-6-9-12/h4-6,8-9H,7,10-11H2,1-3H3. The molecule has 0 radical (unpaired) electrons. The van der Waals surface area contributed by atoms with Crippen LogP contribution in [0.15, 0.2) is 30.3 Å². The molecular weight excluding hydrogens is 280 g/mol. The van der Waals surface area contributed by atoms with E-state index in [0.29, 0.717) is 6.04 Å². The number of rotatable bonds is 8. The van der Waals surface area contributed by atoms with Crippen LogP contribution in [0.4, 0.5) is 0 Å². The molecule has 0 aliphatic carbocycles. The molecule has 0 amide bonds. The van der Waals surface area contributed by atoms with Crippen molar-refractivity contribution < 1.29 is 18.1 Å². The van der Waals surface area contributed by atoms with Gasteiger partial charge in [-0.3, -0.25) is 4.79 Å². The number of carbonyl (C=O) groups is 1. The zero-order chi connectivity index (χ0) is 14.1. The van der Waals surface area contributed by atoms with Crippen molar-refractivity contribution in [1.29, 1.82) is 0 Å². The summed E-state index contributed by atoms with van der Waals surface area (Å²) < 4.78 is 16.0. The van der Waals surface area contributed by atoms with Gasteiger partial charge in [-0.25, -0.2) is 0 Å².